The third kappa shape index (κ3) is 4.63. The summed E-state index contributed by atoms with van der Waals surface area (Å²) in [5, 5.41) is 5.36. The summed E-state index contributed by atoms with van der Waals surface area (Å²) in [7, 11) is 1.55. The van der Waals surface area contributed by atoms with E-state index in [-0.39, 0.29) is 18.2 Å². The van der Waals surface area contributed by atoms with Gasteiger partial charge in [0.15, 0.2) is 0 Å². The number of anilines is 2. The van der Waals surface area contributed by atoms with E-state index < -0.39 is 0 Å². The van der Waals surface area contributed by atoms with Gasteiger partial charge in [-0.05, 0) is 36.8 Å². The molecule has 2 amide bonds. The predicted molar refractivity (Wildman–Crippen MR) is 86.0 cm³/mol. The van der Waals surface area contributed by atoms with E-state index >= 15 is 0 Å². The smallest absolute Gasteiger partial charge is 0.233 e. The lowest BCUT2D eigenvalue weighted by atomic mass is 10.2. The van der Waals surface area contributed by atoms with Crippen molar-refractivity contribution >= 4 is 23.2 Å². The van der Waals surface area contributed by atoms with E-state index in [2.05, 4.69) is 10.6 Å². The molecular formula is C17H18N2O3. The van der Waals surface area contributed by atoms with Crippen LogP contribution in [0.15, 0.2) is 48.5 Å². The van der Waals surface area contributed by atoms with Gasteiger partial charge in [-0.15, -0.1) is 0 Å². The van der Waals surface area contributed by atoms with Gasteiger partial charge < -0.3 is 15.4 Å². The molecule has 0 heterocycles. The number of hydrogen-bond donors (Lipinski definition) is 2. The first-order chi connectivity index (χ1) is 10.6. The zero-order valence-corrected chi connectivity index (χ0v) is 12.6. The Kier molecular flexibility index (Phi) is 5.14. The molecule has 0 aliphatic heterocycles. The Balaban J connectivity index is 1.89. The molecule has 0 bridgehead atoms. The van der Waals surface area contributed by atoms with Crippen molar-refractivity contribution < 1.29 is 14.3 Å². The molecule has 2 aromatic carbocycles. The van der Waals surface area contributed by atoms with Gasteiger partial charge in [-0.2, -0.15) is 0 Å². The number of nitrogens with one attached hydrogen (secondary N) is 2. The number of benzene rings is 2. The molecule has 0 saturated carbocycles. The summed E-state index contributed by atoms with van der Waals surface area (Å²) in [5.74, 6) is -0.0913. The topological polar surface area (TPSA) is 67.4 Å². The predicted octanol–water partition coefficient (Wildman–Crippen LogP) is 2.97. The number of amides is 2. The Morgan fingerprint density at radius 2 is 1.55 bits per heavy atom. The van der Waals surface area contributed by atoms with Crippen molar-refractivity contribution in [3.63, 3.8) is 0 Å². The molecule has 0 aliphatic carbocycles. The molecule has 0 aliphatic rings. The van der Waals surface area contributed by atoms with Gasteiger partial charge in [0.05, 0.1) is 7.11 Å². The van der Waals surface area contributed by atoms with Gasteiger partial charge in [-0.3, -0.25) is 9.59 Å². The molecule has 0 saturated heterocycles. The lowest BCUT2D eigenvalue weighted by Crippen LogP contribution is -2.21. The molecule has 0 radical (unpaired) electrons. The maximum atomic E-state index is 11.9. The average Bonchev–Trinajstić information content (AvgIpc) is 2.47. The monoisotopic (exact) mass is 298 g/mol. The Hall–Kier alpha value is -2.82. The van der Waals surface area contributed by atoms with Gasteiger partial charge in [-0.1, -0.05) is 18.2 Å². The molecule has 0 atom stereocenters. The van der Waals surface area contributed by atoms with Crippen LogP contribution in [-0.4, -0.2) is 18.9 Å². The van der Waals surface area contributed by atoms with Crippen LogP contribution in [0.1, 0.15) is 12.0 Å². The molecule has 2 N–H and O–H groups in total. The maximum absolute atomic E-state index is 11.9. The van der Waals surface area contributed by atoms with Gasteiger partial charge >= 0.3 is 0 Å². The zero-order valence-electron chi connectivity index (χ0n) is 12.6. The summed E-state index contributed by atoms with van der Waals surface area (Å²) in [5.41, 5.74) is 2.31. The lowest BCUT2D eigenvalue weighted by molar-refractivity contribution is -0.123. The Labute approximate surface area is 129 Å². The highest BCUT2D eigenvalue weighted by Gasteiger charge is 2.10. The van der Waals surface area contributed by atoms with Gasteiger partial charge in [0.25, 0.3) is 0 Å². The van der Waals surface area contributed by atoms with Crippen molar-refractivity contribution in [3.8, 4) is 5.75 Å². The van der Waals surface area contributed by atoms with Gasteiger partial charge in [0.1, 0.15) is 12.2 Å². The average molecular weight is 298 g/mol. The first-order valence-corrected chi connectivity index (χ1v) is 6.87. The van der Waals surface area contributed by atoms with E-state index in [0.29, 0.717) is 17.1 Å². The van der Waals surface area contributed by atoms with E-state index in [0.717, 1.165) is 5.56 Å². The van der Waals surface area contributed by atoms with Crippen molar-refractivity contribution in [1.82, 2.24) is 0 Å². The molecule has 0 fully saturated rings. The highest BCUT2D eigenvalue weighted by atomic mass is 16.5. The summed E-state index contributed by atoms with van der Waals surface area (Å²) >= 11 is 0. The van der Waals surface area contributed by atoms with E-state index in [9.17, 15) is 9.59 Å². The lowest BCUT2D eigenvalue weighted by Gasteiger charge is -2.08. The number of ether oxygens (including phenoxy) is 1. The van der Waals surface area contributed by atoms with Crippen LogP contribution in [0, 0.1) is 6.92 Å². The Morgan fingerprint density at radius 1 is 0.955 bits per heavy atom. The SMILES string of the molecule is COc1cccc(NC(=O)CC(=O)Nc2cccc(C)c2)c1. The molecule has 0 aromatic heterocycles. The van der Waals surface area contributed by atoms with Crippen molar-refractivity contribution in [2.45, 2.75) is 13.3 Å². The van der Waals surface area contributed by atoms with Crippen molar-refractivity contribution in [1.29, 1.82) is 0 Å². The van der Waals surface area contributed by atoms with Gasteiger partial charge in [0, 0.05) is 17.4 Å². The number of carbonyl (C=O) groups is 2. The second kappa shape index (κ2) is 7.26. The molecule has 0 unspecified atom stereocenters. The number of aryl methyl sites for hydroxylation is 1. The number of hydrogen-bond acceptors (Lipinski definition) is 3. The molecule has 2 rings (SSSR count). The van der Waals surface area contributed by atoms with Crippen molar-refractivity contribution in [2.24, 2.45) is 0 Å². The minimum Gasteiger partial charge on any atom is -0.497 e. The molecule has 0 spiro atoms. The van der Waals surface area contributed by atoms with Gasteiger partial charge in [0.2, 0.25) is 11.8 Å². The quantitative estimate of drug-likeness (QED) is 0.834. The van der Waals surface area contributed by atoms with E-state index in [1.165, 1.54) is 0 Å². The first-order valence-electron chi connectivity index (χ1n) is 6.87. The second-order valence-electron chi connectivity index (χ2n) is 4.87. The third-order valence-corrected chi connectivity index (χ3v) is 2.98. The van der Waals surface area contributed by atoms with Crippen LogP contribution < -0.4 is 15.4 Å². The summed E-state index contributed by atoms with van der Waals surface area (Å²) in [6.07, 6.45) is -0.245. The molecule has 5 nitrogen and oxygen atoms in total. The fourth-order valence-electron chi connectivity index (χ4n) is 1.98. The van der Waals surface area contributed by atoms with Crippen LogP contribution in [0.5, 0.6) is 5.75 Å². The van der Waals surface area contributed by atoms with Gasteiger partial charge in [-0.25, -0.2) is 0 Å². The Bertz CT molecular complexity index is 683. The van der Waals surface area contributed by atoms with Crippen LogP contribution in [0.2, 0.25) is 0 Å². The minimum atomic E-state index is -0.376. The molecule has 2 aromatic rings. The molecule has 114 valence electrons. The number of methoxy groups -OCH3 is 1. The van der Waals surface area contributed by atoms with E-state index in [1.807, 2.05) is 25.1 Å². The Morgan fingerprint density at radius 3 is 2.14 bits per heavy atom. The normalized spacial score (nSPS) is 9.91. The summed E-state index contributed by atoms with van der Waals surface area (Å²) in [6, 6.07) is 14.4. The van der Waals surface area contributed by atoms with Crippen LogP contribution in [0.3, 0.4) is 0 Å². The molecule has 22 heavy (non-hydrogen) atoms. The molecular weight excluding hydrogens is 280 g/mol. The van der Waals surface area contributed by atoms with E-state index in [1.54, 1.807) is 37.4 Å². The summed E-state index contributed by atoms with van der Waals surface area (Å²) in [4.78, 5) is 23.7. The summed E-state index contributed by atoms with van der Waals surface area (Å²) < 4.78 is 5.08. The van der Waals surface area contributed by atoms with Crippen LogP contribution in [0.25, 0.3) is 0 Å². The van der Waals surface area contributed by atoms with Crippen molar-refractivity contribution in [3.05, 3.63) is 54.1 Å². The highest BCUT2D eigenvalue weighted by Crippen LogP contribution is 2.17. The zero-order chi connectivity index (χ0) is 15.9. The first kappa shape index (κ1) is 15.6. The van der Waals surface area contributed by atoms with Crippen LogP contribution in [0.4, 0.5) is 11.4 Å². The fraction of sp³-hybridized carbons (Fsp3) is 0.176. The number of carbonyl (C=O) groups excluding carboxylic acids is 2. The minimum absolute atomic E-state index is 0.245. The fourth-order valence-corrected chi connectivity index (χ4v) is 1.98. The standard InChI is InChI=1S/C17H18N2O3/c1-12-5-3-6-13(9-12)18-16(20)11-17(21)19-14-7-4-8-15(10-14)22-2/h3-10H,11H2,1-2H3,(H,18,20)(H,19,21). The molecule has 5 heteroatoms. The van der Waals surface area contributed by atoms with Crippen LogP contribution >= 0.6 is 0 Å². The largest absolute Gasteiger partial charge is 0.497 e. The maximum Gasteiger partial charge on any atom is 0.233 e. The highest BCUT2D eigenvalue weighted by molar-refractivity contribution is 6.08. The summed E-state index contributed by atoms with van der Waals surface area (Å²) in [6.45, 7) is 1.94. The second-order valence-corrected chi connectivity index (χ2v) is 4.87. The van der Waals surface area contributed by atoms with E-state index in [4.69, 9.17) is 4.74 Å². The van der Waals surface area contributed by atoms with Crippen LogP contribution in [-0.2, 0) is 9.59 Å². The third-order valence-electron chi connectivity index (χ3n) is 2.98. The number of rotatable bonds is 5. The van der Waals surface area contributed by atoms with Crippen molar-refractivity contribution in [2.75, 3.05) is 17.7 Å².